The molecule has 1 aliphatic carbocycles. The van der Waals surface area contributed by atoms with Gasteiger partial charge in [-0.15, -0.1) is 0 Å². The lowest BCUT2D eigenvalue weighted by Crippen LogP contribution is -2.25. The largest absolute Gasteiger partial charge is 0.399 e. The maximum Gasteiger partial charge on any atom is 0.0346 e. The van der Waals surface area contributed by atoms with Crippen molar-refractivity contribution in [3.05, 3.63) is 29.3 Å². The molecule has 1 fully saturated rings. The second-order valence-corrected chi connectivity index (χ2v) is 4.43. The van der Waals surface area contributed by atoms with Crippen molar-refractivity contribution < 1.29 is 0 Å². The molecule has 2 rings (SSSR count). The van der Waals surface area contributed by atoms with Gasteiger partial charge in [-0.25, -0.2) is 0 Å². The first-order valence-corrected chi connectivity index (χ1v) is 5.80. The quantitative estimate of drug-likeness (QED) is 0.764. The lowest BCUT2D eigenvalue weighted by atomic mass is 10.1. The van der Waals surface area contributed by atoms with Crippen molar-refractivity contribution in [2.75, 3.05) is 12.3 Å². The Morgan fingerprint density at radius 1 is 1.40 bits per heavy atom. The van der Waals surface area contributed by atoms with Crippen molar-refractivity contribution in [1.29, 1.82) is 0 Å². The number of rotatable bonds is 4. The summed E-state index contributed by atoms with van der Waals surface area (Å²) in [6.45, 7) is 6.54. The van der Waals surface area contributed by atoms with E-state index in [9.17, 15) is 0 Å². The molecule has 2 N–H and O–H groups in total. The molecule has 1 aromatic rings. The van der Waals surface area contributed by atoms with Crippen molar-refractivity contribution in [3.63, 3.8) is 0 Å². The summed E-state index contributed by atoms with van der Waals surface area (Å²) in [5.41, 5.74) is 9.45. The first-order chi connectivity index (χ1) is 7.22. The smallest absolute Gasteiger partial charge is 0.0346 e. The Labute approximate surface area is 92.1 Å². The number of nitrogens with zero attached hydrogens (tertiary/aromatic N) is 1. The monoisotopic (exact) mass is 204 g/mol. The molecule has 2 heteroatoms. The van der Waals surface area contributed by atoms with Gasteiger partial charge in [0.1, 0.15) is 0 Å². The Morgan fingerprint density at radius 2 is 2.13 bits per heavy atom. The Balaban J connectivity index is 2.11. The van der Waals surface area contributed by atoms with Crippen LogP contribution in [0.25, 0.3) is 0 Å². The highest BCUT2D eigenvalue weighted by Crippen LogP contribution is 2.29. The van der Waals surface area contributed by atoms with Crippen molar-refractivity contribution in [2.45, 2.75) is 39.3 Å². The molecule has 0 atom stereocenters. The van der Waals surface area contributed by atoms with Gasteiger partial charge in [-0.1, -0.05) is 19.1 Å². The van der Waals surface area contributed by atoms with Gasteiger partial charge in [0.25, 0.3) is 0 Å². The highest BCUT2D eigenvalue weighted by atomic mass is 15.2. The van der Waals surface area contributed by atoms with Gasteiger partial charge < -0.3 is 5.73 Å². The average Bonchev–Trinajstić information content (AvgIpc) is 3.04. The second kappa shape index (κ2) is 4.23. The fraction of sp³-hybridized carbons (Fsp3) is 0.538. The molecule has 0 amide bonds. The molecule has 0 bridgehead atoms. The molecule has 0 unspecified atom stereocenters. The summed E-state index contributed by atoms with van der Waals surface area (Å²) in [4.78, 5) is 2.54. The summed E-state index contributed by atoms with van der Waals surface area (Å²) in [6.07, 6.45) is 2.74. The van der Waals surface area contributed by atoms with Gasteiger partial charge in [-0.2, -0.15) is 0 Å². The van der Waals surface area contributed by atoms with E-state index in [-0.39, 0.29) is 0 Å². The normalized spacial score (nSPS) is 15.9. The van der Waals surface area contributed by atoms with E-state index in [4.69, 9.17) is 5.73 Å². The van der Waals surface area contributed by atoms with Crippen LogP contribution in [0.3, 0.4) is 0 Å². The zero-order chi connectivity index (χ0) is 10.8. The highest BCUT2D eigenvalue weighted by Gasteiger charge is 2.27. The first-order valence-electron chi connectivity index (χ1n) is 5.80. The van der Waals surface area contributed by atoms with Crippen molar-refractivity contribution in [1.82, 2.24) is 4.90 Å². The molecule has 0 saturated heterocycles. The van der Waals surface area contributed by atoms with Gasteiger partial charge in [0.05, 0.1) is 0 Å². The number of nitrogen functional groups attached to an aromatic ring is 1. The summed E-state index contributed by atoms with van der Waals surface area (Å²) in [5, 5.41) is 0. The van der Waals surface area contributed by atoms with E-state index in [1.165, 1.54) is 24.0 Å². The maximum atomic E-state index is 5.91. The third-order valence-corrected chi connectivity index (χ3v) is 3.33. The van der Waals surface area contributed by atoms with Crippen molar-refractivity contribution in [2.24, 2.45) is 0 Å². The molecule has 0 aromatic heterocycles. The minimum Gasteiger partial charge on any atom is -0.399 e. The molecule has 2 nitrogen and oxygen atoms in total. The van der Waals surface area contributed by atoms with Gasteiger partial charge in [-0.3, -0.25) is 4.90 Å². The van der Waals surface area contributed by atoms with E-state index >= 15 is 0 Å². The lowest BCUT2D eigenvalue weighted by molar-refractivity contribution is 0.269. The lowest BCUT2D eigenvalue weighted by Gasteiger charge is -2.21. The van der Waals surface area contributed by atoms with E-state index in [0.717, 1.165) is 24.8 Å². The standard InChI is InChI=1S/C13H20N2/c1-3-15(12-7-8-12)9-11-5-4-6-13(14)10(11)2/h4-6,12H,3,7-9,14H2,1-2H3. The van der Waals surface area contributed by atoms with Gasteiger partial charge in [-0.05, 0) is 43.5 Å². The maximum absolute atomic E-state index is 5.91. The molecule has 0 radical (unpaired) electrons. The van der Waals surface area contributed by atoms with Crippen LogP contribution >= 0.6 is 0 Å². The average molecular weight is 204 g/mol. The summed E-state index contributed by atoms with van der Waals surface area (Å²) in [6, 6.07) is 7.05. The van der Waals surface area contributed by atoms with E-state index in [0.29, 0.717) is 0 Å². The summed E-state index contributed by atoms with van der Waals surface area (Å²) < 4.78 is 0. The zero-order valence-electron chi connectivity index (χ0n) is 9.66. The molecule has 1 aromatic carbocycles. The first kappa shape index (κ1) is 10.5. The molecule has 1 saturated carbocycles. The molecule has 0 heterocycles. The molecule has 1 aliphatic rings. The summed E-state index contributed by atoms with van der Waals surface area (Å²) in [5.74, 6) is 0. The molecule has 0 spiro atoms. The van der Waals surface area contributed by atoms with Crippen LogP contribution in [0.5, 0.6) is 0 Å². The number of hydrogen-bond acceptors (Lipinski definition) is 2. The number of benzene rings is 1. The van der Waals surface area contributed by atoms with Gasteiger partial charge in [0.15, 0.2) is 0 Å². The SMILES string of the molecule is CCN(Cc1cccc(N)c1C)C1CC1. The Hall–Kier alpha value is -1.02. The van der Waals surface area contributed by atoms with E-state index in [1.54, 1.807) is 0 Å². The number of nitrogens with two attached hydrogens (primary N) is 1. The Bertz CT molecular complexity index is 342. The highest BCUT2D eigenvalue weighted by molar-refractivity contribution is 5.49. The predicted molar refractivity (Wildman–Crippen MR) is 64.7 cm³/mol. The van der Waals surface area contributed by atoms with Crippen LogP contribution in [0.4, 0.5) is 5.69 Å². The molecular weight excluding hydrogens is 184 g/mol. The summed E-state index contributed by atoms with van der Waals surface area (Å²) >= 11 is 0. The van der Waals surface area contributed by atoms with Gasteiger partial charge >= 0.3 is 0 Å². The van der Waals surface area contributed by atoms with Crippen LogP contribution < -0.4 is 5.73 Å². The summed E-state index contributed by atoms with van der Waals surface area (Å²) in [7, 11) is 0. The van der Waals surface area contributed by atoms with Gasteiger partial charge in [0.2, 0.25) is 0 Å². The number of hydrogen-bond donors (Lipinski definition) is 1. The van der Waals surface area contributed by atoms with Gasteiger partial charge in [0, 0.05) is 18.3 Å². The van der Waals surface area contributed by atoms with Crippen molar-refractivity contribution >= 4 is 5.69 Å². The Kier molecular flexibility index (Phi) is 2.96. The zero-order valence-corrected chi connectivity index (χ0v) is 9.66. The minimum absolute atomic E-state index is 0.829. The van der Waals surface area contributed by atoms with Crippen LogP contribution in [-0.2, 0) is 6.54 Å². The third kappa shape index (κ3) is 2.32. The fourth-order valence-electron chi connectivity index (χ4n) is 2.03. The topological polar surface area (TPSA) is 29.3 Å². The molecule has 82 valence electrons. The minimum atomic E-state index is 0.829. The molecule has 0 aliphatic heterocycles. The van der Waals surface area contributed by atoms with E-state index < -0.39 is 0 Å². The van der Waals surface area contributed by atoms with Crippen LogP contribution in [0.2, 0.25) is 0 Å². The van der Waals surface area contributed by atoms with Crippen LogP contribution in [0.1, 0.15) is 30.9 Å². The van der Waals surface area contributed by atoms with Crippen LogP contribution in [0.15, 0.2) is 18.2 Å². The Morgan fingerprint density at radius 3 is 2.73 bits per heavy atom. The fourth-order valence-corrected chi connectivity index (χ4v) is 2.03. The molecule has 15 heavy (non-hydrogen) atoms. The third-order valence-electron chi connectivity index (χ3n) is 3.33. The van der Waals surface area contributed by atoms with Crippen LogP contribution in [0, 0.1) is 6.92 Å². The van der Waals surface area contributed by atoms with Crippen molar-refractivity contribution in [3.8, 4) is 0 Å². The second-order valence-electron chi connectivity index (χ2n) is 4.43. The predicted octanol–water partition coefficient (Wildman–Crippen LogP) is 2.56. The molecular formula is C13H20N2. The van der Waals surface area contributed by atoms with E-state index in [2.05, 4.69) is 30.9 Å². The van der Waals surface area contributed by atoms with E-state index in [1.807, 2.05) is 6.07 Å². The van der Waals surface area contributed by atoms with Crippen LogP contribution in [-0.4, -0.2) is 17.5 Å². The number of anilines is 1.